The average molecular weight is 674 g/mol. The van der Waals surface area contributed by atoms with Gasteiger partial charge in [0.2, 0.25) is 0 Å². The number of fused-ring (bicyclic) bond motifs is 8. The summed E-state index contributed by atoms with van der Waals surface area (Å²) in [6.45, 7) is 0. The standard InChI is InChI=1S/C50H31N3/c1-2-12-32(13-3-1)33-22-24-35(25-23-33)49-50(52-44-21-11-10-20-43(44)51-49)41-27-29-45(40-19-9-8-18-39(40)41)53-46-28-26-34-14-6-7-17-38(34)48(46)42-30-36-15-4-5-16-37(36)31-47(42)53/h1-31H. The minimum Gasteiger partial charge on any atom is -0.309 e. The van der Waals surface area contributed by atoms with Crippen molar-refractivity contribution in [2.75, 3.05) is 0 Å². The molecule has 3 nitrogen and oxygen atoms in total. The molecule has 0 saturated heterocycles. The summed E-state index contributed by atoms with van der Waals surface area (Å²) >= 11 is 0. The van der Waals surface area contributed by atoms with Gasteiger partial charge < -0.3 is 4.57 Å². The molecule has 0 fully saturated rings. The van der Waals surface area contributed by atoms with E-state index in [1.807, 2.05) is 18.2 Å². The van der Waals surface area contributed by atoms with E-state index in [-0.39, 0.29) is 0 Å². The third-order valence-electron chi connectivity index (χ3n) is 10.8. The highest BCUT2D eigenvalue weighted by Crippen LogP contribution is 2.43. The van der Waals surface area contributed by atoms with Crippen LogP contribution in [0.1, 0.15) is 0 Å². The maximum Gasteiger partial charge on any atom is 0.0979 e. The first-order valence-corrected chi connectivity index (χ1v) is 18.1. The average Bonchev–Trinajstić information content (AvgIpc) is 3.55. The van der Waals surface area contributed by atoms with Gasteiger partial charge in [0.25, 0.3) is 0 Å². The van der Waals surface area contributed by atoms with Crippen molar-refractivity contribution in [3.63, 3.8) is 0 Å². The fraction of sp³-hybridized carbons (Fsp3) is 0. The number of rotatable bonds is 4. The third kappa shape index (κ3) is 4.68. The van der Waals surface area contributed by atoms with Crippen LogP contribution in [0, 0.1) is 0 Å². The summed E-state index contributed by atoms with van der Waals surface area (Å²) in [7, 11) is 0. The summed E-state index contributed by atoms with van der Waals surface area (Å²) < 4.78 is 2.46. The molecule has 0 atom stereocenters. The lowest BCUT2D eigenvalue weighted by Crippen LogP contribution is -1.99. The van der Waals surface area contributed by atoms with Gasteiger partial charge >= 0.3 is 0 Å². The molecule has 0 unspecified atom stereocenters. The minimum atomic E-state index is 0.871. The summed E-state index contributed by atoms with van der Waals surface area (Å²) in [5.41, 5.74) is 11.5. The predicted octanol–water partition coefficient (Wildman–Crippen LogP) is 13.2. The molecular formula is C50H31N3. The van der Waals surface area contributed by atoms with E-state index >= 15 is 0 Å². The molecule has 0 radical (unpaired) electrons. The Balaban J connectivity index is 1.18. The Bertz CT molecular complexity index is 3210. The number of benzene rings is 9. The zero-order chi connectivity index (χ0) is 34.9. The molecule has 246 valence electrons. The normalized spacial score (nSPS) is 11.8. The van der Waals surface area contributed by atoms with Crippen LogP contribution in [-0.4, -0.2) is 14.5 Å². The number of para-hydroxylation sites is 2. The molecule has 0 saturated carbocycles. The van der Waals surface area contributed by atoms with E-state index in [1.54, 1.807) is 0 Å². The molecule has 11 rings (SSSR count). The first-order chi connectivity index (χ1) is 26.3. The van der Waals surface area contributed by atoms with Crippen LogP contribution in [0.15, 0.2) is 188 Å². The van der Waals surface area contributed by atoms with E-state index < -0.39 is 0 Å². The smallest absolute Gasteiger partial charge is 0.0979 e. The highest BCUT2D eigenvalue weighted by Gasteiger charge is 2.21. The second kappa shape index (κ2) is 11.7. The van der Waals surface area contributed by atoms with E-state index in [9.17, 15) is 0 Å². The molecule has 3 heteroatoms. The second-order valence-electron chi connectivity index (χ2n) is 13.8. The molecule has 2 heterocycles. The quantitative estimate of drug-likeness (QED) is 0.186. The minimum absolute atomic E-state index is 0.871. The van der Waals surface area contributed by atoms with Crippen LogP contribution in [0.5, 0.6) is 0 Å². The second-order valence-corrected chi connectivity index (χ2v) is 13.8. The lowest BCUT2D eigenvalue weighted by molar-refractivity contribution is 1.20. The Morgan fingerprint density at radius 2 is 0.925 bits per heavy atom. The Hall–Kier alpha value is -7.10. The van der Waals surface area contributed by atoms with E-state index in [0.29, 0.717) is 0 Å². The van der Waals surface area contributed by atoms with Gasteiger partial charge in [0.1, 0.15) is 0 Å². The largest absolute Gasteiger partial charge is 0.309 e. The first-order valence-electron chi connectivity index (χ1n) is 18.1. The van der Waals surface area contributed by atoms with Gasteiger partial charge in [-0.2, -0.15) is 0 Å². The maximum absolute atomic E-state index is 5.34. The summed E-state index contributed by atoms with van der Waals surface area (Å²) in [4.78, 5) is 10.6. The number of hydrogen-bond acceptors (Lipinski definition) is 2. The van der Waals surface area contributed by atoms with Gasteiger partial charge in [-0.3, -0.25) is 0 Å². The highest BCUT2D eigenvalue weighted by molar-refractivity contribution is 6.24. The summed E-state index contributed by atoms with van der Waals surface area (Å²) in [6, 6.07) is 67.3. The molecule has 0 bridgehead atoms. The van der Waals surface area contributed by atoms with Crippen molar-refractivity contribution in [2.45, 2.75) is 0 Å². The van der Waals surface area contributed by atoms with E-state index in [1.165, 1.54) is 54.5 Å². The van der Waals surface area contributed by atoms with Gasteiger partial charge in [-0.1, -0.05) is 146 Å². The predicted molar refractivity (Wildman–Crippen MR) is 223 cm³/mol. The Morgan fingerprint density at radius 3 is 1.70 bits per heavy atom. The summed E-state index contributed by atoms with van der Waals surface area (Å²) in [5, 5.41) is 9.80. The van der Waals surface area contributed by atoms with Crippen LogP contribution in [0.25, 0.3) is 104 Å². The zero-order valence-corrected chi connectivity index (χ0v) is 28.7. The van der Waals surface area contributed by atoms with Crippen LogP contribution >= 0.6 is 0 Å². The Morgan fingerprint density at radius 1 is 0.340 bits per heavy atom. The van der Waals surface area contributed by atoms with Crippen molar-refractivity contribution < 1.29 is 0 Å². The zero-order valence-electron chi connectivity index (χ0n) is 28.7. The topological polar surface area (TPSA) is 30.7 Å². The molecule has 0 aliphatic carbocycles. The van der Waals surface area contributed by atoms with Crippen LogP contribution in [0.3, 0.4) is 0 Å². The van der Waals surface area contributed by atoms with Gasteiger partial charge in [-0.05, 0) is 80.5 Å². The van der Waals surface area contributed by atoms with Crippen molar-refractivity contribution in [1.82, 2.24) is 14.5 Å². The Labute approximate surface area is 306 Å². The van der Waals surface area contributed by atoms with Gasteiger partial charge in [0.05, 0.1) is 39.1 Å². The Kier molecular flexibility index (Phi) is 6.55. The molecular weight excluding hydrogens is 643 g/mol. The van der Waals surface area contributed by atoms with Gasteiger partial charge in [0.15, 0.2) is 0 Å². The fourth-order valence-corrected chi connectivity index (χ4v) is 8.26. The number of nitrogens with zero attached hydrogens (tertiary/aromatic N) is 3. The first kappa shape index (κ1) is 29.6. The summed E-state index contributed by atoms with van der Waals surface area (Å²) in [5.74, 6) is 0. The van der Waals surface area contributed by atoms with Gasteiger partial charge in [-0.25, -0.2) is 9.97 Å². The third-order valence-corrected chi connectivity index (χ3v) is 10.8. The SMILES string of the molecule is c1ccc(-c2ccc(-c3nc4ccccc4nc3-c3ccc(-n4c5cc6ccccc6cc5c5c6ccccc6ccc54)c4ccccc34)cc2)cc1. The van der Waals surface area contributed by atoms with Crippen LogP contribution in [-0.2, 0) is 0 Å². The molecule has 0 aliphatic rings. The van der Waals surface area contributed by atoms with E-state index in [2.05, 4.69) is 174 Å². The maximum atomic E-state index is 5.34. The molecule has 0 spiro atoms. The van der Waals surface area contributed by atoms with Crippen molar-refractivity contribution in [3.8, 4) is 39.3 Å². The molecule has 9 aromatic carbocycles. The fourth-order valence-electron chi connectivity index (χ4n) is 8.26. The van der Waals surface area contributed by atoms with Gasteiger partial charge in [0, 0.05) is 27.3 Å². The van der Waals surface area contributed by atoms with Crippen molar-refractivity contribution in [1.29, 1.82) is 0 Å². The lowest BCUT2D eigenvalue weighted by Gasteiger charge is -2.17. The molecule has 11 aromatic rings. The monoisotopic (exact) mass is 673 g/mol. The number of hydrogen-bond donors (Lipinski definition) is 0. The van der Waals surface area contributed by atoms with E-state index in [4.69, 9.17) is 9.97 Å². The highest BCUT2D eigenvalue weighted by atomic mass is 15.0. The molecule has 53 heavy (non-hydrogen) atoms. The lowest BCUT2D eigenvalue weighted by atomic mass is 9.96. The molecule has 0 aliphatic heterocycles. The van der Waals surface area contributed by atoms with Crippen molar-refractivity contribution >= 4 is 65.2 Å². The van der Waals surface area contributed by atoms with Crippen LogP contribution in [0.2, 0.25) is 0 Å². The van der Waals surface area contributed by atoms with Crippen molar-refractivity contribution in [3.05, 3.63) is 188 Å². The molecule has 0 amide bonds. The van der Waals surface area contributed by atoms with Gasteiger partial charge in [-0.15, -0.1) is 0 Å². The number of aromatic nitrogens is 3. The summed E-state index contributed by atoms with van der Waals surface area (Å²) in [6.07, 6.45) is 0. The molecule has 2 aromatic heterocycles. The van der Waals surface area contributed by atoms with Crippen molar-refractivity contribution in [2.24, 2.45) is 0 Å². The van der Waals surface area contributed by atoms with Crippen LogP contribution < -0.4 is 0 Å². The van der Waals surface area contributed by atoms with Crippen LogP contribution in [0.4, 0.5) is 0 Å². The molecule has 0 N–H and O–H groups in total. The van der Waals surface area contributed by atoms with E-state index in [0.717, 1.165) is 50.0 Å².